The van der Waals surface area contributed by atoms with Gasteiger partial charge < -0.3 is 5.11 Å². The van der Waals surface area contributed by atoms with Crippen LogP contribution in [0.2, 0.25) is 0 Å². The summed E-state index contributed by atoms with van der Waals surface area (Å²) in [6, 6.07) is 8.18. The first-order valence-electron chi connectivity index (χ1n) is 6.96. The molecule has 2 aliphatic rings. The van der Waals surface area contributed by atoms with Crippen molar-refractivity contribution in [1.29, 1.82) is 0 Å². The summed E-state index contributed by atoms with van der Waals surface area (Å²) in [7, 11) is 0. The van der Waals surface area contributed by atoms with Gasteiger partial charge in [-0.3, -0.25) is 0 Å². The van der Waals surface area contributed by atoms with Crippen molar-refractivity contribution < 1.29 is 9.90 Å². The number of hydrogen-bond acceptors (Lipinski definition) is 5. The maximum absolute atomic E-state index is 11.7. The number of carboxylic acids is 1. The second kappa shape index (κ2) is 4.56. The van der Waals surface area contributed by atoms with Crippen LogP contribution in [0.5, 0.6) is 0 Å². The van der Waals surface area contributed by atoms with Crippen molar-refractivity contribution in [2.24, 2.45) is 0 Å². The minimum absolute atomic E-state index is 0.0676. The van der Waals surface area contributed by atoms with Crippen LogP contribution < -0.4 is 0 Å². The normalized spacial score (nSPS) is 22.6. The van der Waals surface area contributed by atoms with Gasteiger partial charge in [0.1, 0.15) is 0 Å². The summed E-state index contributed by atoms with van der Waals surface area (Å²) in [6.07, 6.45) is 2.10. The van der Waals surface area contributed by atoms with E-state index in [1.165, 1.54) is 10.5 Å². The maximum Gasteiger partial charge on any atom is 0.331 e. The Labute approximate surface area is 125 Å². The lowest BCUT2D eigenvalue weighted by Gasteiger charge is -2.38. The minimum Gasteiger partial charge on any atom is -0.479 e. The van der Waals surface area contributed by atoms with E-state index in [0.29, 0.717) is 18.7 Å². The van der Waals surface area contributed by atoms with E-state index in [-0.39, 0.29) is 5.92 Å². The van der Waals surface area contributed by atoms with Gasteiger partial charge in [0, 0.05) is 10.6 Å². The lowest BCUT2D eigenvalue weighted by molar-refractivity contribution is -0.153. The number of carboxylic acid groups (broad SMARTS) is 1. The lowest BCUT2D eigenvalue weighted by Crippen LogP contribution is -2.49. The molecule has 108 valence electrons. The van der Waals surface area contributed by atoms with Crippen molar-refractivity contribution in [3.05, 3.63) is 35.7 Å². The summed E-state index contributed by atoms with van der Waals surface area (Å²) in [5, 5.41) is 21.5. The van der Waals surface area contributed by atoms with Gasteiger partial charge in [0.2, 0.25) is 0 Å². The quantitative estimate of drug-likeness (QED) is 0.932. The minimum atomic E-state index is -0.943. The number of thioether (sulfide) groups is 1. The smallest absolute Gasteiger partial charge is 0.331 e. The van der Waals surface area contributed by atoms with Gasteiger partial charge in [0.15, 0.2) is 11.4 Å². The van der Waals surface area contributed by atoms with Crippen molar-refractivity contribution in [3.8, 4) is 0 Å². The predicted octanol–water partition coefficient (Wildman–Crippen LogP) is 1.87. The highest BCUT2D eigenvalue weighted by Gasteiger charge is 2.50. The fraction of sp³-hybridized carbons (Fsp3) is 0.429. The van der Waals surface area contributed by atoms with E-state index in [1.807, 2.05) is 12.1 Å². The third-order valence-corrected chi connectivity index (χ3v) is 5.67. The molecule has 0 bridgehead atoms. The highest BCUT2D eigenvalue weighted by Crippen LogP contribution is 2.45. The van der Waals surface area contributed by atoms with Crippen LogP contribution in [-0.2, 0) is 10.3 Å². The highest BCUT2D eigenvalue weighted by atomic mass is 32.2. The summed E-state index contributed by atoms with van der Waals surface area (Å²) in [5.41, 5.74) is 0.250. The first-order valence-corrected chi connectivity index (χ1v) is 7.95. The zero-order valence-electron chi connectivity index (χ0n) is 11.3. The van der Waals surface area contributed by atoms with E-state index in [4.69, 9.17) is 0 Å². The fourth-order valence-corrected chi connectivity index (χ4v) is 4.35. The zero-order chi connectivity index (χ0) is 14.4. The Hall–Kier alpha value is -1.89. The molecule has 1 unspecified atom stereocenters. The van der Waals surface area contributed by atoms with Crippen LogP contribution in [-0.4, -0.2) is 37.0 Å². The third-order valence-electron chi connectivity index (χ3n) is 4.49. The summed E-state index contributed by atoms with van der Waals surface area (Å²) in [4.78, 5) is 12.9. The average Bonchev–Trinajstić information content (AvgIpc) is 3.03. The van der Waals surface area contributed by atoms with E-state index >= 15 is 0 Å². The van der Waals surface area contributed by atoms with E-state index in [9.17, 15) is 9.90 Å². The SMILES string of the molecule is O=C(O)C1(n2nnnc2C2CSc3ccccc32)CCC1. The Kier molecular flexibility index (Phi) is 2.78. The molecule has 0 spiro atoms. The molecule has 0 saturated heterocycles. The molecule has 0 radical (unpaired) electrons. The third kappa shape index (κ3) is 1.73. The van der Waals surface area contributed by atoms with Crippen molar-refractivity contribution in [2.45, 2.75) is 35.6 Å². The molecule has 1 fully saturated rings. The van der Waals surface area contributed by atoms with E-state index in [1.54, 1.807) is 16.4 Å². The van der Waals surface area contributed by atoms with E-state index in [0.717, 1.165) is 12.2 Å². The van der Waals surface area contributed by atoms with Gasteiger partial charge in [-0.2, -0.15) is 0 Å². The van der Waals surface area contributed by atoms with Crippen molar-refractivity contribution in [2.75, 3.05) is 5.75 Å². The monoisotopic (exact) mass is 302 g/mol. The van der Waals surface area contributed by atoms with Crippen molar-refractivity contribution in [3.63, 3.8) is 0 Å². The van der Waals surface area contributed by atoms with Gasteiger partial charge in [-0.1, -0.05) is 18.2 Å². The van der Waals surface area contributed by atoms with Crippen LogP contribution in [0.15, 0.2) is 29.2 Å². The van der Waals surface area contributed by atoms with Crippen molar-refractivity contribution >= 4 is 17.7 Å². The Bertz CT molecular complexity index is 711. The molecule has 2 aromatic rings. The number of tetrazole rings is 1. The summed E-state index contributed by atoms with van der Waals surface area (Å²) < 4.78 is 1.56. The van der Waals surface area contributed by atoms with Gasteiger partial charge >= 0.3 is 5.97 Å². The molecule has 1 saturated carbocycles. The number of benzene rings is 1. The fourth-order valence-electron chi connectivity index (χ4n) is 3.12. The van der Waals surface area contributed by atoms with E-state index < -0.39 is 11.5 Å². The summed E-state index contributed by atoms with van der Waals surface area (Å²) in [5.74, 6) is 0.768. The molecular weight excluding hydrogens is 288 g/mol. The Balaban J connectivity index is 1.79. The maximum atomic E-state index is 11.7. The molecule has 21 heavy (non-hydrogen) atoms. The first-order chi connectivity index (χ1) is 10.2. The second-order valence-corrected chi connectivity index (χ2v) is 6.60. The topological polar surface area (TPSA) is 80.9 Å². The molecule has 6 nitrogen and oxygen atoms in total. The molecule has 1 atom stereocenters. The molecule has 1 aromatic carbocycles. The number of nitrogens with zero attached hydrogens (tertiary/aromatic N) is 4. The molecule has 1 aromatic heterocycles. The Morgan fingerprint density at radius 2 is 2.19 bits per heavy atom. The van der Waals surface area contributed by atoms with Gasteiger partial charge in [-0.15, -0.1) is 16.9 Å². The summed E-state index contributed by atoms with van der Waals surface area (Å²) in [6.45, 7) is 0. The lowest BCUT2D eigenvalue weighted by atomic mass is 9.76. The molecule has 4 rings (SSSR count). The molecule has 1 aliphatic heterocycles. The highest BCUT2D eigenvalue weighted by molar-refractivity contribution is 7.99. The van der Waals surface area contributed by atoms with Crippen LogP contribution in [0, 0.1) is 0 Å². The number of aliphatic carboxylic acids is 1. The number of carbonyl (C=O) groups is 1. The average molecular weight is 302 g/mol. The molecular formula is C14H14N4O2S. The molecule has 7 heteroatoms. The van der Waals surface area contributed by atoms with Gasteiger partial charge in [-0.25, -0.2) is 9.48 Å². The largest absolute Gasteiger partial charge is 0.479 e. The first kappa shape index (κ1) is 12.8. The zero-order valence-corrected chi connectivity index (χ0v) is 12.1. The van der Waals surface area contributed by atoms with Crippen LogP contribution in [0.4, 0.5) is 0 Å². The van der Waals surface area contributed by atoms with E-state index in [2.05, 4.69) is 27.7 Å². The number of hydrogen-bond donors (Lipinski definition) is 1. The molecule has 0 amide bonds. The van der Waals surface area contributed by atoms with Crippen LogP contribution in [0.1, 0.15) is 36.6 Å². The number of aromatic nitrogens is 4. The second-order valence-electron chi connectivity index (χ2n) is 5.54. The predicted molar refractivity (Wildman–Crippen MR) is 76.3 cm³/mol. The molecule has 1 N–H and O–H groups in total. The van der Waals surface area contributed by atoms with Gasteiger partial charge in [0.25, 0.3) is 0 Å². The van der Waals surface area contributed by atoms with Gasteiger partial charge in [0.05, 0.1) is 5.92 Å². The Morgan fingerprint density at radius 1 is 1.38 bits per heavy atom. The van der Waals surface area contributed by atoms with Crippen LogP contribution in [0.25, 0.3) is 0 Å². The standard InChI is InChI=1S/C14H14N4O2S/c19-13(20)14(6-3-7-14)18-12(15-16-17-18)10-8-21-11-5-2-1-4-9(10)11/h1-2,4-5,10H,3,6-8H2,(H,19,20). The summed E-state index contributed by atoms with van der Waals surface area (Å²) >= 11 is 1.77. The Morgan fingerprint density at radius 3 is 2.90 bits per heavy atom. The number of fused-ring (bicyclic) bond motifs is 1. The van der Waals surface area contributed by atoms with Crippen molar-refractivity contribution in [1.82, 2.24) is 20.2 Å². The van der Waals surface area contributed by atoms with Gasteiger partial charge in [-0.05, 0) is 41.3 Å². The molecule has 2 heterocycles. The number of rotatable bonds is 3. The molecule has 1 aliphatic carbocycles. The van der Waals surface area contributed by atoms with Crippen LogP contribution in [0.3, 0.4) is 0 Å². The van der Waals surface area contributed by atoms with Crippen LogP contribution >= 0.6 is 11.8 Å².